The van der Waals surface area contributed by atoms with Gasteiger partial charge in [-0.05, 0) is 25.2 Å². The molecule has 0 aromatic rings. The van der Waals surface area contributed by atoms with Crippen LogP contribution >= 0.6 is 0 Å². The molecule has 0 aromatic carbocycles. The van der Waals surface area contributed by atoms with Gasteiger partial charge in [-0.1, -0.05) is 27.7 Å². The average molecular weight is 287 g/mol. The number of rotatable bonds is 9. The van der Waals surface area contributed by atoms with Crippen molar-refractivity contribution in [3.8, 4) is 0 Å². The predicted molar refractivity (Wildman–Crippen MR) is 79.1 cm³/mol. The molecule has 0 fully saturated rings. The van der Waals surface area contributed by atoms with Crippen LogP contribution in [0.2, 0.25) is 0 Å². The monoisotopic (exact) mass is 287 g/mol. The highest BCUT2D eigenvalue weighted by molar-refractivity contribution is 5.86. The first kappa shape index (κ1) is 18.7. The molecule has 0 aliphatic heterocycles. The van der Waals surface area contributed by atoms with E-state index >= 15 is 0 Å². The number of urea groups is 1. The Morgan fingerprint density at radius 2 is 1.80 bits per heavy atom. The Morgan fingerprint density at radius 3 is 2.15 bits per heavy atom. The molecule has 1 unspecified atom stereocenters. The van der Waals surface area contributed by atoms with Gasteiger partial charge in [0.2, 0.25) is 5.91 Å². The molecule has 0 aromatic heterocycles. The molecule has 1 atom stereocenters. The molecule has 118 valence electrons. The first-order valence-corrected chi connectivity index (χ1v) is 7.24. The third-order valence-electron chi connectivity index (χ3n) is 3.81. The Hall–Kier alpha value is -1.30. The first-order chi connectivity index (χ1) is 9.30. The van der Waals surface area contributed by atoms with E-state index in [0.717, 1.165) is 12.8 Å². The molecule has 6 heteroatoms. The molecule has 0 spiro atoms. The van der Waals surface area contributed by atoms with Crippen LogP contribution in [-0.4, -0.2) is 36.2 Å². The lowest BCUT2D eigenvalue weighted by atomic mass is 9.83. The maximum atomic E-state index is 12.1. The van der Waals surface area contributed by atoms with Crippen molar-refractivity contribution in [2.75, 3.05) is 13.2 Å². The number of aliphatic hydroxyl groups is 1. The second-order valence-electron chi connectivity index (χ2n) is 5.77. The van der Waals surface area contributed by atoms with E-state index in [1.807, 2.05) is 27.7 Å². The summed E-state index contributed by atoms with van der Waals surface area (Å²) in [6, 6.07) is -1.33. The molecule has 0 rings (SSSR count). The first-order valence-electron chi connectivity index (χ1n) is 7.24. The predicted octanol–water partition coefficient (Wildman–Crippen LogP) is 0.984. The Kier molecular flexibility index (Phi) is 8.22. The van der Waals surface area contributed by atoms with Gasteiger partial charge in [0.15, 0.2) is 0 Å². The normalized spacial score (nSPS) is 13.1. The Balaban J connectivity index is 4.62. The van der Waals surface area contributed by atoms with Crippen LogP contribution in [0.4, 0.5) is 4.79 Å². The standard InChI is InChI=1S/C14H29N3O3/c1-5-14(6-2,9-18)8-16-12(19)11(7-10(3)4)17-13(15)20/h10-11,18H,5-9H2,1-4H3,(H,16,19)(H3,15,17,20). The minimum atomic E-state index is -0.704. The second kappa shape index (κ2) is 8.79. The van der Waals surface area contributed by atoms with Gasteiger partial charge in [-0.25, -0.2) is 4.79 Å². The van der Waals surface area contributed by atoms with Gasteiger partial charge in [0.25, 0.3) is 0 Å². The molecule has 3 amide bonds. The number of nitrogens with two attached hydrogens (primary N) is 1. The highest BCUT2D eigenvalue weighted by Crippen LogP contribution is 2.24. The zero-order valence-corrected chi connectivity index (χ0v) is 13.0. The van der Waals surface area contributed by atoms with Crippen LogP contribution in [0, 0.1) is 11.3 Å². The Morgan fingerprint density at radius 1 is 1.25 bits per heavy atom. The van der Waals surface area contributed by atoms with Crippen molar-refractivity contribution >= 4 is 11.9 Å². The minimum absolute atomic E-state index is 0.0262. The third-order valence-corrected chi connectivity index (χ3v) is 3.81. The largest absolute Gasteiger partial charge is 0.396 e. The summed E-state index contributed by atoms with van der Waals surface area (Å²) in [4.78, 5) is 23.1. The van der Waals surface area contributed by atoms with Crippen molar-refractivity contribution in [2.45, 2.75) is 53.0 Å². The number of carbonyl (C=O) groups excluding carboxylic acids is 2. The van der Waals surface area contributed by atoms with Crippen LogP contribution in [-0.2, 0) is 4.79 Å². The van der Waals surface area contributed by atoms with E-state index in [1.165, 1.54) is 0 Å². The zero-order valence-electron chi connectivity index (χ0n) is 13.0. The van der Waals surface area contributed by atoms with Crippen molar-refractivity contribution in [3.63, 3.8) is 0 Å². The molecule has 5 N–H and O–H groups in total. The summed E-state index contributed by atoms with van der Waals surface area (Å²) in [6.07, 6.45) is 2.08. The molecule has 0 radical (unpaired) electrons. The summed E-state index contributed by atoms with van der Waals surface area (Å²) in [6.45, 7) is 8.33. The van der Waals surface area contributed by atoms with Gasteiger partial charge in [-0.15, -0.1) is 0 Å². The van der Waals surface area contributed by atoms with Crippen molar-refractivity contribution in [1.82, 2.24) is 10.6 Å². The molecule has 0 saturated heterocycles. The van der Waals surface area contributed by atoms with Crippen molar-refractivity contribution in [1.29, 1.82) is 0 Å². The summed E-state index contributed by atoms with van der Waals surface area (Å²) in [7, 11) is 0. The van der Waals surface area contributed by atoms with E-state index in [-0.39, 0.29) is 23.8 Å². The van der Waals surface area contributed by atoms with Crippen molar-refractivity contribution in [3.05, 3.63) is 0 Å². The zero-order chi connectivity index (χ0) is 15.8. The number of carbonyl (C=O) groups is 2. The van der Waals surface area contributed by atoms with Crippen LogP contribution < -0.4 is 16.4 Å². The van der Waals surface area contributed by atoms with E-state index in [0.29, 0.717) is 13.0 Å². The second-order valence-corrected chi connectivity index (χ2v) is 5.77. The van der Waals surface area contributed by atoms with Crippen LogP contribution in [0.1, 0.15) is 47.0 Å². The maximum absolute atomic E-state index is 12.1. The van der Waals surface area contributed by atoms with Gasteiger partial charge < -0.3 is 21.5 Å². The molecular weight excluding hydrogens is 258 g/mol. The number of hydrogen-bond donors (Lipinski definition) is 4. The van der Waals surface area contributed by atoms with E-state index in [4.69, 9.17) is 5.73 Å². The number of amides is 3. The lowest BCUT2D eigenvalue weighted by molar-refractivity contribution is -0.124. The van der Waals surface area contributed by atoms with E-state index < -0.39 is 12.1 Å². The number of nitrogens with one attached hydrogen (secondary N) is 2. The molecular formula is C14H29N3O3. The molecule has 0 saturated carbocycles. The maximum Gasteiger partial charge on any atom is 0.312 e. The summed E-state index contributed by atoms with van der Waals surface area (Å²) in [5, 5.41) is 14.8. The van der Waals surface area contributed by atoms with Gasteiger partial charge in [0, 0.05) is 12.0 Å². The number of primary amides is 1. The van der Waals surface area contributed by atoms with Crippen LogP contribution in [0.15, 0.2) is 0 Å². The fourth-order valence-electron chi connectivity index (χ4n) is 2.05. The molecule has 0 aliphatic rings. The summed E-state index contributed by atoms with van der Waals surface area (Å²) >= 11 is 0. The minimum Gasteiger partial charge on any atom is -0.396 e. The molecule has 0 bridgehead atoms. The molecule has 6 nitrogen and oxygen atoms in total. The van der Waals surface area contributed by atoms with Gasteiger partial charge in [-0.2, -0.15) is 0 Å². The van der Waals surface area contributed by atoms with E-state index in [1.54, 1.807) is 0 Å². The lowest BCUT2D eigenvalue weighted by Crippen LogP contribution is -2.51. The van der Waals surface area contributed by atoms with Gasteiger partial charge >= 0.3 is 6.03 Å². The third kappa shape index (κ3) is 6.23. The average Bonchev–Trinajstić information content (AvgIpc) is 2.39. The summed E-state index contributed by atoms with van der Waals surface area (Å²) in [5.41, 5.74) is 4.80. The van der Waals surface area contributed by atoms with Gasteiger partial charge in [0.05, 0.1) is 6.61 Å². The topological polar surface area (TPSA) is 104 Å². The Labute approximate surface area is 121 Å². The van der Waals surface area contributed by atoms with Crippen LogP contribution in [0.25, 0.3) is 0 Å². The van der Waals surface area contributed by atoms with Crippen LogP contribution in [0.5, 0.6) is 0 Å². The highest BCUT2D eigenvalue weighted by Gasteiger charge is 2.28. The van der Waals surface area contributed by atoms with Crippen LogP contribution in [0.3, 0.4) is 0 Å². The lowest BCUT2D eigenvalue weighted by Gasteiger charge is -2.30. The fourth-order valence-corrected chi connectivity index (χ4v) is 2.05. The number of aliphatic hydroxyl groups excluding tert-OH is 1. The highest BCUT2D eigenvalue weighted by atomic mass is 16.3. The van der Waals surface area contributed by atoms with Crippen molar-refractivity contribution in [2.24, 2.45) is 17.1 Å². The Bertz CT molecular complexity index is 307. The molecule has 0 aliphatic carbocycles. The molecule has 0 heterocycles. The van der Waals surface area contributed by atoms with Gasteiger partial charge in [-0.3, -0.25) is 4.79 Å². The van der Waals surface area contributed by atoms with Crippen molar-refractivity contribution < 1.29 is 14.7 Å². The smallest absolute Gasteiger partial charge is 0.312 e. The SMILES string of the molecule is CCC(CC)(CO)CNC(=O)C(CC(C)C)NC(N)=O. The van der Waals surface area contributed by atoms with E-state index in [9.17, 15) is 14.7 Å². The van der Waals surface area contributed by atoms with Gasteiger partial charge in [0.1, 0.15) is 6.04 Å². The summed E-state index contributed by atoms with van der Waals surface area (Å²) < 4.78 is 0. The number of hydrogen-bond acceptors (Lipinski definition) is 3. The summed E-state index contributed by atoms with van der Waals surface area (Å²) in [5.74, 6) is 0.00905. The molecule has 20 heavy (non-hydrogen) atoms. The van der Waals surface area contributed by atoms with E-state index in [2.05, 4.69) is 10.6 Å². The quantitative estimate of drug-likeness (QED) is 0.508. The fraction of sp³-hybridized carbons (Fsp3) is 0.857.